The van der Waals surface area contributed by atoms with Gasteiger partial charge in [0.25, 0.3) is 5.91 Å². The van der Waals surface area contributed by atoms with Crippen LogP contribution >= 0.6 is 23.5 Å². The van der Waals surface area contributed by atoms with E-state index in [4.69, 9.17) is 14.2 Å². The highest BCUT2D eigenvalue weighted by atomic mass is 32.2. The van der Waals surface area contributed by atoms with Gasteiger partial charge in [-0.2, -0.15) is 0 Å². The SMILES string of the molecule is C/C=C(/NC(=O)[C@@H](CSC(c1ccccc1)(c1ccccc1)c1ccccc1)NC(=O)[C@H](NC(=O)OCC1c2ccccc2-c2ccccc21)C(C)C)C(=O)N[C@H](C(=O)O[C@H](/C=C\CCSC(c1ccccc1)(c1ccccc1)c1ccccc1)CC(=O)OCC[Si](C)(C)C)C(C)C. The topological polar surface area (TPSA) is 178 Å². The van der Waals surface area contributed by atoms with E-state index in [-0.39, 0.29) is 37.0 Å². The van der Waals surface area contributed by atoms with E-state index in [1.165, 1.54) is 17.8 Å². The van der Waals surface area contributed by atoms with Crippen LogP contribution in [0.1, 0.15) is 97.9 Å². The lowest BCUT2D eigenvalue weighted by Gasteiger charge is -2.36. The minimum atomic E-state index is -1.56. The lowest BCUT2D eigenvalue weighted by Crippen LogP contribution is -2.57. The van der Waals surface area contributed by atoms with Crippen molar-refractivity contribution in [3.05, 3.63) is 299 Å². The average Bonchev–Trinajstić information content (AvgIpc) is 1.34. The van der Waals surface area contributed by atoms with Gasteiger partial charge in [-0.15, -0.1) is 23.5 Å². The summed E-state index contributed by atoms with van der Waals surface area (Å²) in [6, 6.07) is 74.0. The third kappa shape index (κ3) is 18.5. The number of hydrogen-bond donors (Lipinski definition) is 4. The zero-order valence-corrected chi connectivity index (χ0v) is 59.8. The van der Waals surface area contributed by atoms with E-state index < -0.39 is 89.4 Å². The van der Waals surface area contributed by atoms with E-state index in [2.05, 4.69) is 126 Å². The molecule has 8 aromatic rings. The summed E-state index contributed by atoms with van der Waals surface area (Å²) in [5.41, 5.74) is 10.1. The van der Waals surface area contributed by atoms with Gasteiger partial charge in [-0.3, -0.25) is 19.2 Å². The predicted molar refractivity (Wildman–Crippen MR) is 398 cm³/mol. The van der Waals surface area contributed by atoms with Crippen LogP contribution < -0.4 is 21.3 Å². The van der Waals surface area contributed by atoms with Gasteiger partial charge >= 0.3 is 18.0 Å². The van der Waals surface area contributed by atoms with E-state index in [1.54, 1.807) is 52.5 Å². The third-order valence-electron chi connectivity index (χ3n) is 17.5. The smallest absolute Gasteiger partial charge is 0.407 e. The number of nitrogens with one attached hydrogen (secondary N) is 4. The molecular formula is C82H90N4O9S2Si. The monoisotopic (exact) mass is 1370 g/mol. The highest BCUT2D eigenvalue weighted by molar-refractivity contribution is 8.01. The molecule has 508 valence electrons. The van der Waals surface area contributed by atoms with E-state index in [9.17, 15) is 24.0 Å². The van der Waals surface area contributed by atoms with Crippen LogP contribution in [0, 0.1) is 11.8 Å². The van der Waals surface area contributed by atoms with Crippen LogP contribution in [0.25, 0.3) is 11.1 Å². The Hall–Kier alpha value is -9.22. The summed E-state index contributed by atoms with van der Waals surface area (Å²) in [4.78, 5) is 87.1. The summed E-state index contributed by atoms with van der Waals surface area (Å²) in [6.07, 6.45) is 3.48. The number of rotatable bonds is 32. The van der Waals surface area contributed by atoms with Crippen molar-refractivity contribution < 1.29 is 43.0 Å². The fraction of sp³-hybridized carbons (Fsp3) is 0.293. The standard InChI is InChI=1S/C82H90N4O9S2Si/c1-9-71(76(88)85-75(58(4)5)79(91)95-65(54-73(87)93-51-53-98(6,7)8)46-32-33-52-96-81(59-34-16-10-17-35-59,60-36-18-11-19-37-60)61-38-20-12-21-39-61)83-77(89)72(56-97-82(62-40-22-13-23-41-62,63-42-24-14-25-43-63)64-44-26-15-27-45-64)84-78(90)74(57(2)3)86-80(92)94-55-70-68-49-30-28-47-66(68)67-48-29-31-50-69(67)70/h9-32,34-50,57-58,65,70,72,74-75H,33,51-56H2,1-8H3,(H,83,89)(H,84,90)(H,85,88)(H,86,92)/b46-32-,71-9+/t65-,72-,74-,75+/m1/s1. The number of carbonyl (C=O) groups is 6. The molecule has 4 atom stereocenters. The average molecular weight is 1370 g/mol. The van der Waals surface area contributed by atoms with Gasteiger partial charge in [-0.25, -0.2) is 9.59 Å². The van der Waals surface area contributed by atoms with Crippen molar-refractivity contribution in [2.75, 3.05) is 24.7 Å². The van der Waals surface area contributed by atoms with Crippen LogP contribution in [0.5, 0.6) is 0 Å². The number of amides is 4. The van der Waals surface area contributed by atoms with Gasteiger partial charge in [0.15, 0.2) is 0 Å². The Balaban J connectivity index is 0.944. The Morgan fingerprint density at radius 1 is 0.520 bits per heavy atom. The molecule has 9 rings (SSSR count). The van der Waals surface area contributed by atoms with Crippen molar-refractivity contribution in [1.82, 2.24) is 21.3 Å². The maximum atomic E-state index is 15.3. The molecule has 98 heavy (non-hydrogen) atoms. The number of thioether (sulfide) groups is 2. The van der Waals surface area contributed by atoms with Gasteiger partial charge in [0.05, 0.1) is 22.5 Å². The molecule has 8 aromatic carbocycles. The quantitative estimate of drug-likeness (QED) is 0.00600. The van der Waals surface area contributed by atoms with Crippen molar-refractivity contribution in [2.45, 2.75) is 113 Å². The predicted octanol–water partition coefficient (Wildman–Crippen LogP) is 15.8. The molecular weight excluding hydrogens is 1280 g/mol. The number of esters is 2. The normalized spacial score (nSPS) is 13.7. The molecule has 0 bridgehead atoms. The molecule has 0 aromatic heterocycles. The second kappa shape index (κ2) is 34.8. The largest absolute Gasteiger partial charge is 0.466 e. The van der Waals surface area contributed by atoms with E-state index in [0.29, 0.717) is 12.2 Å². The minimum Gasteiger partial charge on any atom is -0.466 e. The summed E-state index contributed by atoms with van der Waals surface area (Å²) < 4.78 is 16.4. The molecule has 0 heterocycles. The molecule has 4 N–H and O–H groups in total. The van der Waals surface area contributed by atoms with Crippen LogP contribution in [0.2, 0.25) is 25.7 Å². The Morgan fingerprint density at radius 2 is 0.949 bits per heavy atom. The van der Waals surface area contributed by atoms with Crippen molar-refractivity contribution >= 4 is 67.4 Å². The second-order valence-electron chi connectivity index (χ2n) is 26.3. The van der Waals surface area contributed by atoms with Crippen molar-refractivity contribution in [3.63, 3.8) is 0 Å². The number of hydrogen-bond acceptors (Lipinski definition) is 11. The zero-order valence-electron chi connectivity index (χ0n) is 57.2. The highest BCUT2D eigenvalue weighted by Crippen LogP contribution is 2.50. The Labute approximate surface area is 587 Å². The number of ether oxygens (including phenoxy) is 3. The molecule has 1 aliphatic rings. The van der Waals surface area contributed by atoms with Crippen LogP contribution in [-0.2, 0) is 47.7 Å². The first-order valence-corrected chi connectivity index (χ1v) is 39.3. The third-order valence-corrected chi connectivity index (χ3v) is 22.4. The molecule has 0 aliphatic heterocycles. The van der Waals surface area contributed by atoms with E-state index >= 15 is 4.79 Å². The summed E-state index contributed by atoms with van der Waals surface area (Å²) in [5, 5.41) is 11.4. The van der Waals surface area contributed by atoms with Crippen molar-refractivity contribution in [1.29, 1.82) is 0 Å². The minimum absolute atomic E-state index is 0.0186. The number of benzene rings is 8. The van der Waals surface area contributed by atoms with E-state index in [0.717, 1.165) is 61.7 Å². The van der Waals surface area contributed by atoms with Gasteiger partial charge in [-0.1, -0.05) is 290 Å². The van der Waals surface area contributed by atoms with Gasteiger partial charge in [0.2, 0.25) is 11.8 Å². The Morgan fingerprint density at radius 3 is 1.38 bits per heavy atom. The number of fused-ring (bicyclic) bond motifs is 3. The van der Waals surface area contributed by atoms with Gasteiger partial charge < -0.3 is 35.5 Å². The molecule has 13 nitrogen and oxygen atoms in total. The fourth-order valence-electron chi connectivity index (χ4n) is 12.3. The van der Waals surface area contributed by atoms with Crippen LogP contribution in [-0.4, -0.2) is 92.8 Å². The van der Waals surface area contributed by atoms with Gasteiger partial charge in [-0.05, 0) is 98.7 Å². The first kappa shape index (κ1) is 73.0. The Bertz CT molecular complexity index is 3770. The summed E-state index contributed by atoms with van der Waals surface area (Å²) in [5.74, 6) is -4.16. The van der Waals surface area contributed by atoms with Crippen molar-refractivity contribution in [2.24, 2.45) is 11.8 Å². The molecule has 4 amide bonds. The molecule has 0 unspecified atom stereocenters. The van der Waals surface area contributed by atoms with Crippen LogP contribution in [0.4, 0.5) is 4.79 Å². The van der Waals surface area contributed by atoms with Crippen LogP contribution in [0.3, 0.4) is 0 Å². The second-order valence-corrected chi connectivity index (χ2v) is 34.4. The molecule has 0 fully saturated rings. The fourth-order valence-corrected chi connectivity index (χ4v) is 16.0. The van der Waals surface area contributed by atoms with Gasteiger partial charge in [0, 0.05) is 19.7 Å². The maximum Gasteiger partial charge on any atom is 0.407 e. The summed E-state index contributed by atoms with van der Waals surface area (Å²) in [6.45, 7) is 15.5. The van der Waals surface area contributed by atoms with Crippen molar-refractivity contribution in [3.8, 4) is 11.1 Å². The number of carbonyl (C=O) groups excluding carboxylic acids is 6. The van der Waals surface area contributed by atoms with Crippen LogP contribution in [0.15, 0.2) is 254 Å². The molecule has 1 aliphatic carbocycles. The van der Waals surface area contributed by atoms with E-state index in [1.807, 2.05) is 152 Å². The first-order valence-electron chi connectivity index (χ1n) is 33.7. The molecule has 16 heteroatoms. The molecule has 0 radical (unpaired) electrons. The van der Waals surface area contributed by atoms with Gasteiger partial charge in [0.1, 0.15) is 36.5 Å². The lowest BCUT2D eigenvalue weighted by molar-refractivity contribution is -0.156. The number of allylic oxidation sites excluding steroid dienone is 2. The molecule has 0 saturated carbocycles. The zero-order chi connectivity index (χ0) is 69.7. The summed E-state index contributed by atoms with van der Waals surface area (Å²) in [7, 11) is -1.56. The number of alkyl carbamates (subject to hydrolysis) is 1. The lowest BCUT2D eigenvalue weighted by atomic mass is 9.84. The molecule has 0 spiro atoms. The Kier molecular flexibility index (Phi) is 25.9. The highest BCUT2D eigenvalue weighted by Gasteiger charge is 2.41. The molecule has 0 saturated heterocycles. The summed E-state index contributed by atoms with van der Waals surface area (Å²) >= 11 is 3.21. The first-order chi connectivity index (χ1) is 47.3. The maximum absolute atomic E-state index is 15.3.